The molecule has 15 heavy (non-hydrogen) atoms. The molecule has 0 spiro atoms. The van der Waals surface area contributed by atoms with Crippen LogP contribution in [-0.2, 0) is 6.54 Å². The van der Waals surface area contributed by atoms with Gasteiger partial charge in [-0.3, -0.25) is 0 Å². The van der Waals surface area contributed by atoms with E-state index in [1.807, 2.05) is 37.6 Å². The highest BCUT2D eigenvalue weighted by Gasteiger charge is 2.07. The molecule has 0 atom stereocenters. The van der Waals surface area contributed by atoms with Crippen LogP contribution in [0.5, 0.6) is 0 Å². The Morgan fingerprint density at radius 1 is 1.33 bits per heavy atom. The van der Waals surface area contributed by atoms with Crippen molar-refractivity contribution in [1.82, 2.24) is 14.5 Å². The average Bonchev–Trinajstić information content (AvgIpc) is 2.63. The van der Waals surface area contributed by atoms with Crippen molar-refractivity contribution in [3.05, 3.63) is 23.2 Å². The highest BCUT2D eigenvalue weighted by atomic mass is 35.5. The molecule has 0 radical (unpaired) electrons. The number of aryl methyl sites for hydroxylation is 2. The highest BCUT2D eigenvalue weighted by molar-refractivity contribution is 6.33. The van der Waals surface area contributed by atoms with E-state index in [0.29, 0.717) is 11.0 Å². The lowest BCUT2D eigenvalue weighted by atomic mass is 10.4. The molecule has 0 aliphatic carbocycles. The zero-order chi connectivity index (χ0) is 11.4. The molecule has 0 saturated heterocycles. The highest BCUT2D eigenvalue weighted by Crippen LogP contribution is 2.21. The molecule has 0 bridgehead atoms. The third-order valence-electron chi connectivity index (χ3n) is 2.02. The van der Waals surface area contributed by atoms with Gasteiger partial charge in [0.2, 0.25) is 0 Å². The maximum absolute atomic E-state index is 6.02. The van der Waals surface area contributed by atoms with E-state index in [4.69, 9.17) is 11.6 Å². The van der Waals surface area contributed by atoms with Gasteiger partial charge in [0.05, 0.1) is 5.52 Å². The standard InChI is InChI=1S/C9H10ClN3.C2H6/c1-3-13-5-4-7-8(13)9(10)12-6(2)11-7;1-2/h4-5H,3H2,1-2H3;1-2H3. The Morgan fingerprint density at radius 2 is 2.00 bits per heavy atom. The van der Waals surface area contributed by atoms with Crippen molar-refractivity contribution >= 4 is 22.6 Å². The topological polar surface area (TPSA) is 30.7 Å². The second-order valence-corrected chi connectivity index (χ2v) is 3.26. The second kappa shape index (κ2) is 5.12. The van der Waals surface area contributed by atoms with Crippen molar-refractivity contribution in [2.75, 3.05) is 0 Å². The fourth-order valence-corrected chi connectivity index (χ4v) is 1.76. The summed E-state index contributed by atoms with van der Waals surface area (Å²) in [5.41, 5.74) is 1.84. The number of nitrogens with zero attached hydrogens (tertiary/aromatic N) is 3. The van der Waals surface area contributed by atoms with Crippen LogP contribution in [0.15, 0.2) is 12.3 Å². The molecule has 2 aromatic heterocycles. The Morgan fingerprint density at radius 3 is 2.60 bits per heavy atom. The SMILES string of the molecule is CC.CCn1ccc2nc(C)nc(Cl)c21. The molecule has 2 rings (SSSR count). The maximum atomic E-state index is 6.02. The van der Waals surface area contributed by atoms with E-state index in [9.17, 15) is 0 Å². The van der Waals surface area contributed by atoms with Crippen LogP contribution in [0.4, 0.5) is 0 Å². The minimum atomic E-state index is 0.536. The summed E-state index contributed by atoms with van der Waals surface area (Å²) in [7, 11) is 0. The Labute approximate surface area is 95.1 Å². The third-order valence-corrected chi connectivity index (χ3v) is 2.28. The van der Waals surface area contributed by atoms with Gasteiger partial charge in [-0.05, 0) is 19.9 Å². The van der Waals surface area contributed by atoms with E-state index in [1.165, 1.54) is 0 Å². The van der Waals surface area contributed by atoms with E-state index in [-0.39, 0.29) is 0 Å². The second-order valence-electron chi connectivity index (χ2n) is 2.90. The predicted molar refractivity (Wildman–Crippen MR) is 64.3 cm³/mol. The van der Waals surface area contributed by atoms with Crippen molar-refractivity contribution in [2.45, 2.75) is 34.2 Å². The summed E-state index contributed by atoms with van der Waals surface area (Å²) in [6.45, 7) is 8.79. The summed E-state index contributed by atoms with van der Waals surface area (Å²) < 4.78 is 2.04. The molecule has 4 heteroatoms. The normalized spacial score (nSPS) is 9.93. The van der Waals surface area contributed by atoms with Crippen molar-refractivity contribution in [3.8, 4) is 0 Å². The summed E-state index contributed by atoms with van der Waals surface area (Å²) in [6.07, 6.45) is 1.98. The van der Waals surface area contributed by atoms with Gasteiger partial charge in [-0.1, -0.05) is 25.4 Å². The molecule has 0 fully saturated rings. The Balaban J connectivity index is 0.000000531. The molecule has 0 aromatic carbocycles. The fraction of sp³-hybridized carbons (Fsp3) is 0.455. The number of aromatic nitrogens is 3. The van der Waals surface area contributed by atoms with E-state index in [0.717, 1.165) is 17.6 Å². The zero-order valence-electron chi connectivity index (χ0n) is 9.58. The summed E-state index contributed by atoms with van der Waals surface area (Å²) in [5.74, 6) is 0.714. The van der Waals surface area contributed by atoms with E-state index < -0.39 is 0 Å². The fourth-order valence-electron chi connectivity index (χ4n) is 1.43. The molecule has 2 heterocycles. The van der Waals surface area contributed by atoms with Crippen LogP contribution < -0.4 is 0 Å². The van der Waals surface area contributed by atoms with Gasteiger partial charge in [0.25, 0.3) is 0 Å². The molecule has 0 saturated carbocycles. The van der Waals surface area contributed by atoms with Gasteiger partial charge < -0.3 is 4.57 Å². The minimum absolute atomic E-state index is 0.536. The van der Waals surface area contributed by atoms with Gasteiger partial charge >= 0.3 is 0 Å². The number of hydrogen-bond donors (Lipinski definition) is 0. The van der Waals surface area contributed by atoms with Gasteiger partial charge in [0.1, 0.15) is 11.3 Å². The molecule has 0 amide bonds. The number of rotatable bonds is 1. The van der Waals surface area contributed by atoms with Crippen molar-refractivity contribution < 1.29 is 0 Å². The Bertz CT molecular complexity index is 448. The van der Waals surface area contributed by atoms with Gasteiger partial charge in [-0.15, -0.1) is 0 Å². The van der Waals surface area contributed by atoms with Crippen LogP contribution in [0.2, 0.25) is 5.15 Å². The lowest BCUT2D eigenvalue weighted by molar-refractivity contribution is 0.795. The molecule has 0 aliphatic heterocycles. The van der Waals surface area contributed by atoms with Gasteiger partial charge in [-0.25, -0.2) is 9.97 Å². The van der Waals surface area contributed by atoms with Gasteiger partial charge in [0, 0.05) is 12.7 Å². The predicted octanol–water partition coefficient (Wildman–Crippen LogP) is 3.44. The van der Waals surface area contributed by atoms with Crippen LogP contribution in [0, 0.1) is 6.92 Å². The first kappa shape index (κ1) is 12.0. The van der Waals surface area contributed by atoms with Crippen LogP contribution >= 0.6 is 11.6 Å². The largest absolute Gasteiger partial charge is 0.344 e. The first-order chi connectivity index (χ1) is 7.22. The Hall–Kier alpha value is -1.09. The molecule has 0 N–H and O–H groups in total. The summed E-state index contributed by atoms with van der Waals surface area (Å²) in [4.78, 5) is 8.40. The monoisotopic (exact) mass is 225 g/mol. The minimum Gasteiger partial charge on any atom is -0.344 e. The molecule has 0 unspecified atom stereocenters. The molecule has 3 nitrogen and oxygen atoms in total. The quantitative estimate of drug-likeness (QED) is 0.696. The number of hydrogen-bond acceptors (Lipinski definition) is 2. The third kappa shape index (κ3) is 2.29. The average molecular weight is 226 g/mol. The summed E-state index contributed by atoms with van der Waals surface area (Å²) in [6, 6.07) is 1.96. The first-order valence-corrected chi connectivity index (χ1v) is 5.59. The van der Waals surface area contributed by atoms with E-state index in [1.54, 1.807) is 0 Å². The maximum Gasteiger partial charge on any atom is 0.157 e. The lowest BCUT2D eigenvalue weighted by Gasteiger charge is -2.01. The number of halogens is 1. The molecular weight excluding hydrogens is 210 g/mol. The zero-order valence-corrected chi connectivity index (χ0v) is 10.3. The smallest absolute Gasteiger partial charge is 0.157 e. The van der Waals surface area contributed by atoms with Crippen molar-refractivity contribution in [3.63, 3.8) is 0 Å². The van der Waals surface area contributed by atoms with Gasteiger partial charge in [-0.2, -0.15) is 0 Å². The van der Waals surface area contributed by atoms with Crippen LogP contribution in [0.25, 0.3) is 11.0 Å². The molecule has 0 aliphatic rings. The molecule has 82 valence electrons. The van der Waals surface area contributed by atoms with E-state index in [2.05, 4.69) is 16.9 Å². The number of fused-ring (bicyclic) bond motifs is 1. The lowest BCUT2D eigenvalue weighted by Crippen LogP contribution is -1.95. The molecule has 2 aromatic rings. The van der Waals surface area contributed by atoms with Crippen molar-refractivity contribution in [2.24, 2.45) is 0 Å². The van der Waals surface area contributed by atoms with Crippen molar-refractivity contribution in [1.29, 1.82) is 0 Å². The molecular formula is C11H16ClN3. The Kier molecular flexibility index (Phi) is 4.09. The van der Waals surface area contributed by atoms with Crippen LogP contribution in [-0.4, -0.2) is 14.5 Å². The first-order valence-electron chi connectivity index (χ1n) is 5.21. The summed E-state index contributed by atoms with van der Waals surface area (Å²) >= 11 is 6.02. The van der Waals surface area contributed by atoms with E-state index >= 15 is 0 Å². The van der Waals surface area contributed by atoms with Crippen LogP contribution in [0.3, 0.4) is 0 Å². The van der Waals surface area contributed by atoms with Gasteiger partial charge in [0.15, 0.2) is 5.15 Å². The van der Waals surface area contributed by atoms with Crippen LogP contribution in [0.1, 0.15) is 26.6 Å². The summed E-state index contributed by atoms with van der Waals surface area (Å²) in [5, 5.41) is 0.536.